The first-order chi connectivity index (χ1) is 11.0. The van der Waals surface area contributed by atoms with Gasteiger partial charge in [0.1, 0.15) is 0 Å². The van der Waals surface area contributed by atoms with Crippen molar-refractivity contribution in [1.82, 2.24) is 4.98 Å². The highest BCUT2D eigenvalue weighted by molar-refractivity contribution is 14.1. The summed E-state index contributed by atoms with van der Waals surface area (Å²) in [5.41, 5.74) is 4.23. The van der Waals surface area contributed by atoms with Crippen LogP contribution in [0.4, 0.5) is 0 Å². The van der Waals surface area contributed by atoms with E-state index in [1.54, 1.807) is 0 Å². The summed E-state index contributed by atoms with van der Waals surface area (Å²) >= 11 is 2.34. The van der Waals surface area contributed by atoms with Crippen LogP contribution in [0.1, 0.15) is 37.5 Å². The van der Waals surface area contributed by atoms with E-state index >= 15 is 0 Å². The van der Waals surface area contributed by atoms with E-state index in [9.17, 15) is 0 Å². The van der Waals surface area contributed by atoms with Gasteiger partial charge in [-0.2, -0.15) is 5.26 Å². The summed E-state index contributed by atoms with van der Waals surface area (Å²) in [5, 5.41) is 10.3. The Balaban J connectivity index is 2.23. The van der Waals surface area contributed by atoms with Crippen molar-refractivity contribution in [3.8, 4) is 6.07 Å². The molecule has 3 aromatic rings. The highest BCUT2D eigenvalue weighted by Gasteiger charge is 2.34. The minimum absolute atomic E-state index is 0.0866. The van der Waals surface area contributed by atoms with Crippen LogP contribution in [0.5, 0.6) is 0 Å². The lowest BCUT2D eigenvalue weighted by molar-refractivity contribution is 0.408. The lowest BCUT2D eigenvalue weighted by atomic mass is 9.68. The predicted molar refractivity (Wildman–Crippen MR) is 103 cm³/mol. The molecule has 0 saturated carbocycles. The molecule has 0 amide bonds. The SMILES string of the molecule is CC(C)C(C)(c1ccc(I)cc1)c1c[nH]c2cc(C#N)ccc12. The van der Waals surface area contributed by atoms with Crippen LogP contribution in [-0.2, 0) is 5.41 Å². The Labute approximate surface area is 150 Å². The number of benzene rings is 2. The van der Waals surface area contributed by atoms with E-state index in [1.165, 1.54) is 20.1 Å². The van der Waals surface area contributed by atoms with E-state index in [0.717, 1.165) is 5.52 Å². The van der Waals surface area contributed by atoms with Gasteiger partial charge in [-0.1, -0.05) is 39.0 Å². The van der Waals surface area contributed by atoms with Crippen LogP contribution < -0.4 is 0 Å². The van der Waals surface area contributed by atoms with Gasteiger partial charge >= 0.3 is 0 Å². The third-order valence-electron chi connectivity index (χ3n) is 4.97. The Hall–Kier alpha value is -1.80. The number of hydrogen-bond donors (Lipinski definition) is 1. The molecule has 3 rings (SSSR count). The number of nitrogens with zero attached hydrogens (tertiary/aromatic N) is 1. The maximum absolute atomic E-state index is 9.09. The molecule has 3 heteroatoms. The summed E-state index contributed by atoms with van der Waals surface area (Å²) in [7, 11) is 0. The molecule has 0 bridgehead atoms. The molecule has 1 unspecified atom stereocenters. The van der Waals surface area contributed by atoms with Crippen molar-refractivity contribution in [2.75, 3.05) is 0 Å². The van der Waals surface area contributed by atoms with Crippen LogP contribution in [-0.4, -0.2) is 4.98 Å². The maximum Gasteiger partial charge on any atom is 0.0992 e. The summed E-state index contributed by atoms with van der Waals surface area (Å²) in [5.74, 6) is 0.442. The van der Waals surface area contributed by atoms with E-state index in [-0.39, 0.29) is 5.41 Å². The molecule has 1 heterocycles. The molecule has 0 fully saturated rings. The monoisotopic (exact) mass is 414 g/mol. The molecule has 23 heavy (non-hydrogen) atoms. The molecule has 116 valence electrons. The van der Waals surface area contributed by atoms with Crippen LogP contribution in [0.3, 0.4) is 0 Å². The summed E-state index contributed by atoms with van der Waals surface area (Å²) in [6, 6.07) is 16.9. The number of aromatic nitrogens is 1. The fraction of sp³-hybridized carbons (Fsp3) is 0.250. The second-order valence-electron chi connectivity index (χ2n) is 6.44. The van der Waals surface area contributed by atoms with Gasteiger partial charge in [0.05, 0.1) is 11.6 Å². The Bertz CT molecular complexity index is 884. The molecule has 1 aromatic heterocycles. The lowest BCUT2D eigenvalue weighted by Gasteiger charge is -2.34. The van der Waals surface area contributed by atoms with Crippen molar-refractivity contribution in [3.63, 3.8) is 0 Å². The van der Waals surface area contributed by atoms with Crippen molar-refractivity contribution in [3.05, 3.63) is 68.9 Å². The molecule has 0 aliphatic carbocycles. The third-order valence-corrected chi connectivity index (χ3v) is 5.69. The van der Waals surface area contributed by atoms with Crippen LogP contribution in [0, 0.1) is 20.8 Å². The van der Waals surface area contributed by atoms with Gasteiger partial charge < -0.3 is 4.98 Å². The predicted octanol–water partition coefficient (Wildman–Crippen LogP) is 5.61. The van der Waals surface area contributed by atoms with E-state index < -0.39 is 0 Å². The Morgan fingerprint density at radius 1 is 1.13 bits per heavy atom. The second kappa shape index (κ2) is 6.01. The number of nitriles is 1. The molecule has 1 atom stereocenters. The van der Waals surface area contributed by atoms with Crippen LogP contribution in [0.25, 0.3) is 10.9 Å². The zero-order chi connectivity index (χ0) is 16.6. The fourth-order valence-electron chi connectivity index (χ4n) is 3.22. The molecule has 0 radical (unpaired) electrons. The quantitative estimate of drug-likeness (QED) is 0.557. The van der Waals surface area contributed by atoms with Crippen molar-refractivity contribution >= 4 is 33.5 Å². The molecule has 0 aliphatic rings. The number of rotatable bonds is 3. The van der Waals surface area contributed by atoms with Gasteiger partial charge in [0.2, 0.25) is 0 Å². The average molecular weight is 414 g/mol. The first-order valence-corrected chi connectivity index (χ1v) is 8.82. The molecule has 0 saturated heterocycles. The van der Waals surface area contributed by atoms with Crippen molar-refractivity contribution < 1.29 is 0 Å². The first-order valence-electron chi connectivity index (χ1n) is 7.74. The smallest absolute Gasteiger partial charge is 0.0992 e. The largest absolute Gasteiger partial charge is 0.361 e. The number of aromatic amines is 1. The third kappa shape index (κ3) is 2.66. The van der Waals surface area contributed by atoms with Gasteiger partial charge in [-0.05, 0) is 63.9 Å². The number of halogens is 1. The zero-order valence-corrected chi connectivity index (χ0v) is 15.7. The maximum atomic E-state index is 9.09. The van der Waals surface area contributed by atoms with E-state index in [1.807, 2.05) is 12.1 Å². The van der Waals surface area contributed by atoms with Crippen molar-refractivity contribution in [1.29, 1.82) is 5.26 Å². The minimum Gasteiger partial charge on any atom is -0.361 e. The minimum atomic E-state index is -0.0866. The van der Waals surface area contributed by atoms with E-state index in [0.29, 0.717) is 11.5 Å². The van der Waals surface area contributed by atoms with Gasteiger partial charge in [-0.25, -0.2) is 0 Å². The Kier molecular flexibility index (Phi) is 4.20. The van der Waals surface area contributed by atoms with Gasteiger partial charge in [0.15, 0.2) is 0 Å². The van der Waals surface area contributed by atoms with Crippen LogP contribution in [0.15, 0.2) is 48.7 Å². The number of nitrogens with one attached hydrogen (secondary N) is 1. The van der Waals surface area contributed by atoms with E-state index in [4.69, 9.17) is 5.26 Å². The van der Waals surface area contributed by atoms with Gasteiger partial charge in [0, 0.05) is 26.1 Å². The lowest BCUT2D eigenvalue weighted by Crippen LogP contribution is -2.29. The van der Waals surface area contributed by atoms with Gasteiger partial charge in [-0.3, -0.25) is 0 Å². The van der Waals surface area contributed by atoms with Crippen LogP contribution in [0.2, 0.25) is 0 Å². The normalized spacial score (nSPS) is 13.9. The fourth-order valence-corrected chi connectivity index (χ4v) is 3.58. The standard InChI is InChI=1S/C20H19IN2/c1-13(2)20(3,15-5-7-16(21)8-6-15)18-12-23-19-10-14(11-22)4-9-17(18)19/h4-10,12-13,23H,1-3H3. The second-order valence-corrected chi connectivity index (χ2v) is 7.68. The molecule has 2 aromatic carbocycles. The molecule has 2 nitrogen and oxygen atoms in total. The zero-order valence-electron chi connectivity index (χ0n) is 13.5. The number of hydrogen-bond acceptors (Lipinski definition) is 1. The topological polar surface area (TPSA) is 39.6 Å². The highest BCUT2D eigenvalue weighted by Crippen LogP contribution is 2.42. The summed E-state index contributed by atoms with van der Waals surface area (Å²) in [6.45, 7) is 6.83. The van der Waals surface area contributed by atoms with Gasteiger partial charge in [0.25, 0.3) is 0 Å². The molecule has 1 N–H and O–H groups in total. The Morgan fingerprint density at radius 2 is 1.83 bits per heavy atom. The molecule has 0 spiro atoms. The van der Waals surface area contributed by atoms with Gasteiger partial charge in [-0.15, -0.1) is 0 Å². The molecular weight excluding hydrogens is 395 g/mol. The highest BCUT2D eigenvalue weighted by atomic mass is 127. The van der Waals surface area contributed by atoms with Crippen molar-refractivity contribution in [2.24, 2.45) is 5.92 Å². The van der Waals surface area contributed by atoms with Crippen LogP contribution >= 0.6 is 22.6 Å². The Morgan fingerprint density at radius 3 is 2.43 bits per heavy atom. The number of H-pyrrole nitrogens is 1. The van der Waals surface area contributed by atoms with Crippen molar-refractivity contribution in [2.45, 2.75) is 26.2 Å². The molecule has 0 aliphatic heterocycles. The summed E-state index contributed by atoms with van der Waals surface area (Å²) in [4.78, 5) is 3.35. The van der Waals surface area contributed by atoms with E-state index in [2.05, 4.69) is 90.9 Å². The first kappa shape index (κ1) is 16.1. The molecular formula is C20H19IN2. The summed E-state index contributed by atoms with van der Waals surface area (Å²) in [6.07, 6.45) is 2.10. The summed E-state index contributed by atoms with van der Waals surface area (Å²) < 4.78 is 1.25. The average Bonchev–Trinajstić information content (AvgIpc) is 2.97. The number of fused-ring (bicyclic) bond motifs is 1.